The van der Waals surface area contributed by atoms with Crippen LogP contribution in [-0.4, -0.2) is 30.7 Å². The Morgan fingerprint density at radius 3 is 2.59 bits per heavy atom. The standard InChI is InChI=1S/C19H18BrN5OS/c1-22(11-13-7-9-14(20)10-8-13)12-24-19(27)25-16-6-4-3-5-15(16)17(26)23(2)18(25)21-24/h3-10H,11-12H2,1-2H3. The van der Waals surface area contributed by atoms with Crippen molar-refractivity contribution >= 4 is 44.8 Å². The average molecular weight is 444 g/mol. The number of aryl methyl sites for hydroxylation is 1. The van der Waals surface area contributed by atoms with Gasteiger partial charge < -0.3 is 0 Å². The molecule has 4 aromatic rings. The molecule has 0 atom stereocenters. The van der Waals surface area contributed by atoms with Crippen LogP contribution in [0.4, 0.5) is 0 Å². The predicted molar refractivity (Wildman–Crippen MR) is 112 cm³/mol. The molecule has 0 amide bonds. The number of benzene rings is 2. The Balaban J connectivity index is 1.75. The average Bonchev–Trinajstić information content (AvgIpc) is 2.98. The van der Waals surface area contributed by atoms with Crippen LogP contribution < -0.4 is 5.56 Å². The number of hydrogen-bond donors (Lipinski definition) is 0. The fraction of sp³-hybridized carbons (Fsp3) is 0.211. The van der Waals surface area contributed by atoms with Crippen LogP contribution in [0.5, 0.6) is 0 Å². The van der Waals surface area contributed by atoms with Crippen LogP contribution in [0.3, 0.4) is 0 Å². The Kier molecular flexibility index (Phi) is 4.71. The molecule has 0 saturated heterocycles. The molecule has 0 N–H and O–H groups in total. The molecule has 0 aliphatic heterocycles. The van der Waals surface area contributed by atoms with E-state index in [0.29, 0.717) is 22.6 Å². The Labute approximate surface area is 169 Å². The number of rotatable bonds is 4. The summed E-state index contributed by atoms with van der Waals surface area (Å²) in [6, 6.07) is 15.7. The first kappa shape index (κ1) is 18.1. The number of halogens is 1. The molecule has 6 nitrogen and oxygen atoms in total. The Hall–Kier alpha value is -2.29. The maximum absolute atomic E-state index is 12.6. The molecule has 0 radical (unpaired) electrons. The topological polar surface area (TPSA) is 47.5 Å². The SMILES string of the molecule is CN(Cc1ccc(Br)cc1)Cn1nc2n(C)c(=O)c3ccccc3n2c1=S. The van der Waals surface area contributed by atoms with Crippen LogP contribution in [0, 0.1) is 4.77 Å². The van der Waals surface area contributed by atoms with Crippen molar-refractivity contribution < 1.29 is 0 Å². The van der Waals surface area contributed by atoms with E-state index in [-0.39, 0.29) is 5.56 Å². The van der Waals surface area contributed by atoms with Gasteiger partial charge >= 0.3 is 0 Å². The van der Waals surface area contributed by atoms with Gasteiger partial charge in [-0.25, -0.2) is 4.68 Å². The fourth-order valence-corrected chi connectivity index (χ4v) is 3.76. The van der Waals surface area contributed by atoms with E-state index >= 15 is 0 Å². The summed E-state index contributed by atoms with van der Waals surface area (Å²) in [4.78, 5) is 14.7. The largest absolute Gasteiger partial charge is 0.283 e. The predicted octanol–water partition coefficient (Wildman–Crippen LogP) is 3.57. The molecule has 0 saturated carbocycles. The maximum Gasteiger partial charge on any atom is 0.262 e. The van der Waals surface area contributed by atoms with Gasteiger partial charge in [-0.15, -0.1) is 5.10 Å². The molecule has 0 spiro atoms. The molecular formula is C19H18BrN5OS. The van der Waals surface area contributed by atoms with Crippen molar-refractivity contribution in [3.8, 4) is 0 Å². The van der Waals surface area contributed by atoms with Crippen molar-refractivity contribution in [3.63, 3.8) is 0 Å². The molecule has 0 unspecified atom stereocenters. The van der Waals surface area contributed by atoms with E-state index in [2.05, 4.69) is 38.1 Å². The zero-order valence-electron chi connectivity index (χ0n) is 15.0. The van der Waals surface area contributed by atoms with Gasteiger partial charge in [0.15, 0.2) is 0 Å². The van der Waals surface area contributed by atoms with Gasteiger partial charge in [0.25, 0.3) is 5.56 Å². The van der Waals surface area contributed by atoms with E-state index in [1.165, 1.54) is 5.56 Å². The van der Waals surface area contributed by atoms with Crippen molar-refractivity contribution in [2.24, 2.45) is 7.05 Å². The summed E-state index contributed by atoms with van der Waals surface area (Å²) in [7, 11) is 3.74. The Morgan fingerprint density at radius 2 is 1.85 bits per heavy atom. The van der Waals surface area contributed by atoms with Crippen molar-refractivity contribution in [1.82, 2.24) is 23.6 Å². The van der Waals surface area contributed by atoms with Gasteiger partial charge in [-0.2, -0.15) is 0 Å². The number of hydrogen-bond acceptors (Lipinski definition) is 4. The fourth-order valence-electron chi connectivity index (χ4n) is 3.22. The Bertz CT molecular complexity index is 1260. The van der Waals surface area contributed by atoms with Crippen LogP contribution in [0.1, 0.15) is 5.56 Å². The molecule has 27 heavy (non-hydrogen) atoms. The monoisotopic (exact) mass is 443 g/mol. The van der Waals surface area contributed by atoms with Crippen LogP contribution in [0.15, 0.2) is 57.8 Å². The second-order valence-corrected chi connectivity index (χ2v) is 7.86. The molecule has 2 aromatic heterocycles. The van der Waals surface area contributed by atoms with Crippen molar-refractivity contribution in [3.05, 3.63) is 73.7 Å². The zero-order chi connectivity index (χ0) is 19.1. The minimum absolute atomic E-state index is 0.0755. The van der Waals surface area contributed by atoms with Gasteiger partial charge in [-0.05, 0) is 49.1 Å². The smallest absolute Gasteiger partial charge is 0.262 e. The lowest BCUT2D eigenvalue weighted by Crippen LogP contribution is -2.22. The third-order valence-corrected chi connectivity index (χ3v) is 5.47. The van der Waals surface area contributed by atoms with E-state index in [1.54, 1.807) is 16.3 Å². The second-order valence-electron chi connectivity index (χ2n) is 6.58. The quantitative estimate of drug-likeness (QED) is 0.452. The van der Waals surface area contributed by atoms with Gasteiger partial charge in [0, 0.05) is 18.1 Å². The zero-order valence-corrected chi connectivity index (χ0v) is 17.4. The summed E-state index contributed by atoms with van der Waals surface area (Å²) < 4.78 is 6.79. The molecule has 2 heterocycles. The van der Waals surface area contributed by atoms with Crippen LogP contribution >= 0.6 is 28.1 Å². The highest BCUT2D eigenvalue weighted by molar-refractivity contribution is 9.10. The van der Waals surface area contributed by atoms with Gasteiger partial charge in [0.05, 0.1) is 17.6 Å². The number of nitrogens with zero attached hydrogens (tertiary/aromatic N) is 5. The van der Waals surface area contributed by atoms with E-state index in [9.17, 15) is 4.79 Å². The highest BCUT2D eigenvalue weighted by Gasteiger charge is 2.14. The molecule has 0 aliphatic rings. The van der Waals surface area contributed by atoms with E-state index in [4.69, 9.17) is 12.2 Å². The van der Waals surface area contributed by atoms with Gasteiger partial charge in [-0.1, -0.05) is 40.2 Å². The lowest BCUT2D eigenvalue weighted by atomic mass is 10.2. The first-order chi connectivity index (χ1) is 13.0. The molecule has 0 fully saturated rings. The summed E-state index contributed by atoms with van der Waals surface area (Å²) in [5, 5.41) is 5.24. The van der Waals surface area contributed by atoms with Crippen molar-refractivity contribution in [2.75, 3.05) is 7.05 Å². The number of fused-ring (bicyclic) bond motifs is 3. The highest BCUT2D eigenvalue weighted by atomic mass is 79.9. The minimum atomic E-state index is -0.0755. The van der Waals surface area contributed by atoms with Crippen LogP contribution in [0.25, 0.3) is 16.7 Å². The highest BCUT2D eigenvalue weighted by Crippen LogP contribution is 2.15. The first-order valence-electron chi connectivity index (χ1n) is 8.46. The molecule has 2 aromatic carbocycles. The van der Waals surface area contributed by atoms with Crippen LogP contribution in [0.2, 0.25) is 0 Å². The number of aromatic nitrogens is 4. The summed E-state index contributed by atoms with van der Waals surface area (Å²) in [6.07, 6.45) is 0. The molecular weight excluding hydrogens is 426 g/mol. The first-order valence-corrected chi connectivity index (χ1v) is 9.66. The van der Waals surface area contributed by atoms with E-state index < -0.39 is 0 Å². The van der Waals surface area contributed by atoms with Crippen molar-refractivity contribution in [1.29, 1.82) is 0 Å². The molecule has 0 aliphatic carbocycles. The van der Waals surface area contributed by atoms with Crippen molar-refractivity contribution in [2.45, 2.75) is 13.2 Å². The lowest BCUT2D eigenvalue weighted by molar-refractivity contribution is 0.244. The van der Waals surface area contributed by atoms with E-state index in [0.717, 1.165) is 16.5 Å². The van der Waals surface area contributed by atoms with Gasteiger partial charge in [0.2, 0.25) is 10.5 Å². The van der Waals surface area contributed by atoms with Gasteiger partial charge in [-0.3, -0.25) is 18.7 Å². The lowest BCUT2D eigenvalue weighted by Gasteiger charge is -2.16. The van der Waals surface area contributed by atoms with E-state index in [1.807, 2.05) is 47.8 Å². The minimum Gasteiger partial charge on any atom is -0.283 e. The summed E-state index contributed by atoms with van der Waals surface area (Å²) in [6.45, 7) is 1.29. The second kappa shape index (κ2) is 7.03. The summed E-state index contributed by atoms with van der Waals surface area (Å²) in [5.74, 6) is 0.542. The van der Waals surface area contributed by atoms with Crippen LogP contribution in [-0.2, 0) is 20.3 Å². The Morgan fingerprint density at radius 1 is 1.15 bits per heavy atom. The number of para-hydroxylation sites is 1. The summed E-state index contributed by atoms with van der Waals surface area (Å²) >= 11 is 9.13. The third kappa shape index (κ3) is 3.24. The normalized spacial score (nSPS) is 11.7. The molecule has 0 bridgehead atoms. The third-order valence-electron chi connectivity index (χ3n) is 4.54. The molecule has 4 rings (SSSR count). The molecule has 8 heteroatoms. The van der Waals surface area contributed by atoms with Gasteiger partial charge in [0.1, 0.15) is 0 Å². The summed E-state index contributed by atoms with van der Waals surface area (Å²) in [5.41, 5.74) is 1.91. The maximum atomic E-state index is 12.6. The molecule has 138 valence electrons.